The van der Waals surface area contributed by atoms with Crippen molar-refractivity contribution < 1.29 is 19.4 Å². The standard InChI is InChI=1S/C8H16O4/c1-6(7(2)9)4-8(10)12-5-11-3/h6-7,9H,4-5H2,1-3H3. The van der Waals surface area contributed by atoms with Crippen LogP contribution in [0, 0.1) is 5.92 Å². The van der Waals surface area contributed by atoms with Gasteiger partial charge in [-0.3, -0.25) is 4.79 Å². The lowest BCUT2D eigenvalue weighted by atomic mass is 10.0. The van der Waals surface area contributed by atoms with Crippen molar-refractivity contribution in [2.75, 3.05) is 13.9 Å². The zero-order valence-corrected chi connectivity index (χ0v) is 7.74. The predicted molar refractivity (Wildman–Crippen MR) is 43.4 cm³/mol. The minimum absolute atomic E-state index is 0.0225. The van der Waals surface area contributed by atoms with Crippen molar-refractivity contribution in [1.82, 2.24) is 0 Å². The van der Waals surface area contributed by atoms with Crippen molar-refractivity contribution in [2.24, 2.45) is 5.92 Å². The first kappa shape index (κ1) is 11.4. The molecule has 0 bridgehead atoms. The minimum atomic E-state index is -0.486. The molecule has 0 aliphatic rings. The smallest absolute Gasteiger partial charge is 0.308 e. The molecule has 0 fully saturated rings. The number of ether oxygens (including phenoxy) is 2. The molecule has 0 radical (unpaired) electrons. The summed E-state index contributed by atoms with van der Waals surface area (Å²) in [5, 5.41) is 9.06. The summed E-state index contributed by atoms with van der Waals surface area (Å²) in [6.45, 7) is 3.42. The van der Waals surface area contributed by atoms with Crippen LogP contribution in [0.4, 0.5) is 0 Å². The van der Waals surface area contributed by atoms with Crippen molar-refractivity contribution >= 4 is 5.97 Å². The Hall–Kier alpha value is -0.610. The summed E-state index contributed by atoms with van der Waals surface area (Å²) in [5.74, 6) is -0.417. The van der Waals surface area contributed by atoms with E-state index in [1.807, 2.05) is 0 Å². The molecule has 4 heteroatoms. The lowest BCUT2D eigenvalue weighted by Gasteiger charge is -2.12. The normalized spacial score (nSPS) is 15.3. The monoisotopic (exact) mass is 176 g/mol. The molecular weight excluding hydrogens is 160 g/mol. The molecule has 4 nitrogen and oxygen atoms in total. The molecule has 0 heterocycles. The second-order valence-corrected chi connectivity index (χ2v) is 2.84. The number of hydrogen-bond donors (Lipinski definition) is 1. The largest absolute Gasteiger partial charge is 0.438 e. The summed E-state index contributed by atoms with van der Waals surface area (Å²) < 4.78 is 9.19. The van der Waals surface area contributed by atoms with Crippen LogP contribution in [0.1, 0.15) is 20.3 Å². The van der Waals surface area contributed by atoms with E-state index in [0.29, 0.717) is 0 Å². The Labute approximate surface area is 72.5 Å². The number of aliphatic hydroxyl groups is 1. The fourth-order valence-corrected chi connectivity index (χ4v) is 0.617. The fraction of sp³-hybridized carbons (Fsp3) is 0.875. The van der Waals surface area contributed by atoms with Crippen LogP contribution in [0.5, 0.6) is 0 Å². The van der Waals surface area contributed by atoms with Crippen molar-refractivity contribution in [3.05, 3.63) is 0 Å². The van der Waals surface area contributed by atoms with E-state index in [1.54, 1.807) is 13.8 Å². The van der Waals surface area contributed by atoms with Crippen molar-refractivity contribution in [3.8, 4) is 0 Å². The van der Waals surface area contributed by atoms with Crippen LogP contribution in [0.25, 0.3) is 0 Å². The molecule has 0 saturated heterocycles. The average molecular weight is 176 g/mol. The van der Waals surface area contributed by atoms with E-state index in [-0.39, 0.29) is 25.1 Å². The molecule has 0 aromatic heterocycles. The maximum Gasteiger partial charge on any atom is 0.308 e. The quantitative estimate of drug-likeness (QED) is 0.490. The zero-order valence-electron chi connectivity index (χ0n) is 7.74. The molecular formula is C8H16O4. The summed E-state index contributed by atoms with van der Waals surface area (Å²) in [6.07, 6.45) is -0.263. The van der Waals surface area contributed by atoms with Gasteiger partial charge in [0.25, 0.3) is 0 Å². The zero-order chi connectivity index (χ0) is 9.56. The molecule has 0 rings (SSSR count). The highest BCUT2D eigenvalue weighted by atomic mass is 16.7. The van der Waals surface area contributed by atoms with E-state index in [4.69, 9.17) is 5.11 Å². The number of carbonyl (C=O) groups is 1. The number of esters is 1. The number of methoxy groups -OCH3 is 1. The van der Waals surface area contributed by atoms with Gasteiger partial charge in [-0.25, -0.2) is 0 Å². The summed E-state index contributed by atoms with van der Waals surface area (Å²) in [7, 11) is 1.45. The van der Waals surface area contributed by atoms with Gasteiger partial charge in [0.05, 0.1) is 12.5 Å². The van der Waals surface area contributed by atoms with Gasteiger partial charge in [0.2, 0.25) is 0 Å². The van der Waals surface area contributed by atoms with Gasteiger partial charge in [0.15, 0.2) is 6.79 Å². The topological polar surface area (TPSA) is 55.8 Å². The summed E-state index contributed by atoms with van der Waals surface area (Å²) in [6, 6.07) is 0. The SMILES string of the molecule is COCOC(=O)CC(C)C(C)O. The number of hydrogen-bond acceptors (Lipinski definition) is 4. The van der Waals surface area contributed by atoms with Crippen molar-refractivity contribution in [1.29, 1.82) is 0 Å². The number of aliphatic hydroxyl groups excluding tert-OH is 1. The molecule has 2 unspecified atom stereocenters. The molecule has 0 aliphatic heterocycles. The lowest BCUT2D eigenvalue weighted by molar-refractivity contribution is -0.155. The molecule has 1 N–H and O–H groups in total. The van der Waals surface area contributed by atoms with Crippen LogP contribution in [-0.4, -0.2) is 31.1 Å². The van der Waals surface area contributed by atoms with Crippen molar-refractivity contribution in [2.45, 2.75) is 26.4 Å². The van der Waals surface area contributed by atoms with Gasteiger partial charge in [-0.05, 0) is 12.8 Å². The van der Waals surface area contributed by atoms with E-state index >= 15 is 0 Å². The fourth-order valence-electron chi connectivity index (χ4n) is 0.617. The maximum absolute atomic E-state index is 10.9. The Kier molecular flexibility index (Phi) is 5.66. The Morgan fingerprint density at radius 1 is 1.50 bits per heavy atom. The highest BCUT2D eigenvalue weighted by Crippen LogP contribution is 2.08. The Morgan fingerprint density at radius 3 is 2.50 bits per heavy atom. The van der Waals surface area contributed by atoms with Gasteiger partial charge in [-0.2, -0.15) is 0 Å². The first-order valence-electron chi connectivity index (χ1n) is 3.90. The number of carbonyl (C=O) groups excluding carboxylic acids is 1. The van der Waals surface area contributed by atoms with Crippen LogP contribution >= 0.6 is 0 Å². The number of rotatable bonds is 5. The summed E-state index contributed by atoms with van der Waals surface area (Å²) in [5.41, 5.74) is 0. The van der Waals surface area contributed by atoms with E-state index in [1.165, 1.54) is 7.11 Å². The van der Waals surface area contributed by atoms with Crippen LogP contribution < -0.4 is 0 Å². The van der Waals surface area contributed by atoms with Crippen molar-refractivity contribution in [3.63, 3.8) is 0 Å². The molecule has 72 valence electrons. The molecule has 2 atom stereocenters. The lowest BCUT2D eigenvalue weighted by Crippen LogP contribution is -2.19. The first-order valence-corrected chi connectivity index (χ1v) is 3.90. The van der Waals surface area contributed by atoms with E-state index < -0.39 is 6.10 Å². The molecule has 0 spiro atoms. The molecule has 0 aromatic carbocycles. The summed E-state index contributed by atoms with van der Waals surface area (Å²) in [4.78, 5) is 10.9. The highest BCUT2D eigenvalue weighted by Gasteiger charge is 2.14. The maximum atomic E-state index is 10.9. The Balaban J connectivity index is 3.54. The molecule has 12 heavy (non-hydrogen) atoms. The third-order valence-corrected chi connectivity index (χ3v) is 1.65. The van der Waals surface area contributed by atoms with Crippen LogP contribution in [-0.2, 0) is 14.3 Å². The second kappa shape index (κ2) is 5.97. The second-order valence-electron chi connectivity index (χ2n) is 2.84. The van der Waals surface area contributed by atoms with Gasteiger partial charge in [-0.15, -0.1) is 0 Å². The average Bonchev–Trinajstić information content (AvgIpc) is 2.00. The third kappa shape index (κ3) is 5.09. The van der Waals surface area contributed by atoms with E-state index in [0.717, 1.165) is 0 Å². The van der Waals surface area contributed by atoms with Gasteiger partial charge >= 0.3 is 5.97 Å². The van der Waals surface area contributed by atoms with Gasteiger partial charge < -0.3 is 14.6 Å². The molecule has 0 aliphatic carbocycles. The van der Waals surface area contributed by atoms with E-state index in [2.05, 4.69) is 9.47 Å². The molecule has 0 amide bonds. The summed E-state index contributed by atoms with van der Waals surface area (Å²) >= 11 is 0. The predicted octanol–water partition coefficient (Wildman–Crippen LogP) is 0.540. The highest BCUT2D eigenvalue weighted by molar-refractivity contribution is 5.69. The van der Waals surface area contributed by atoms with Gasteiger partial charge in [0, 0.05) is 7.11 Å². The van der Waals surface area contributed by atoms with E-state index in [9.17, 15) is 4.79 Å². The molecule has 0 aromatic rings. The molecule has 0 saturated carbocycles. The van der Waals surface area contributed by atoms with Crippen LogP contribution in [0.2, 0.25) is 0 Å². The Morgan fingerprint density at radius 2 is 2.08 bits per heavy atom. The van der Waals surface area contributed by atoms with Crippen LogP contribution in [0.3, 0.4) is 0 Å². The first-order chi connectivity index (χ1) is 5.57. The Bertz CT molecular complexity index is 133. The minimum Gasteiger partial charge on any atom is -0.438 e. The van der Waals surface area contributed by atoms with Gasteiger partial charge in [-0.1, -0.05) is 6.92 Å². The van der Waals surface area contributed by atoms with Crippen LogP contribution in [0.15, 0.2) is 0 Å². The van der Waals surface area contributed by atoms with Gasteiger partial charge in [0.1, 0.15) is 0 Å². The third-order valence-electron chi connectivity index (χ3n) is 1.65.